The fraction of sp³-hybridized carbons (Fsp3) is 0.320. The number of amides is 1. The summed E-state index contributed by atoms with van der Waals surface area (Å²) in [5.41, 5.74) is 2.64. The molecule has 31 heavy (non-hydrogen) atoms. The topological polar surface area (TPSA) is 65.1 Å². The van der Waals surface area contributed by atoms with Crippen LogP contribution in [0.3, 0.4) is 0 Å². The number of nitrogens with zero attached hydrogens (tertiary/aromatic N) is 4. The van der Waals surface area contributed by atoms with Gasteiger partial charge in [-0.25, -0.2) is 4.98 Å². The van der Waals surface area contributed by atoms with Gasteiger partial charge in [0.05, 0.1) is 17.6 Å². The molecule has 5 rings (SSSR count). The van der Waals surface area contributed by atoms with Crippen molar-refractivity contribution in [3.8, 4) is 0 Å². The number of carbonyl (C=O) groups excluding carboxylic acids is 1. The van der Waals surface area contributed by atoms with Gasteiger partial charge in [0.1, 0.15) is 11.5 Å². The van der Waals surface area contributed by atoms with Crippen LogP contribution in [0.5, 0.6) is 0 Å². The smallest absolute Gasteiger partial charge is 0.273 e. The summed E-state index contributed by atoms with van der Waals surface area (Å²) in [5.74, 6) is 1.01. The van der Waals surface area contributed by atoms with Crippen LogP contribution >= 0.6 is 0 Å². The van der Waals surface area contributed by atoms with Crippen molar-refractivity contribution < 1.29 is 4.79 Å². The van der Waals surface area contributed by atoms with E-state index < -0.39 is 0 Å². The van der Waals surface area contributed by atoms with Crippen LogP contribution in [0.15, 0.2) is 60.8 Å². The number of H-pyrrole nitrogens is 1. The van der Waals surface area contributed by atoms with E-state index in [9.17, 15) is 4.79 Å². The summed E-state index contributed by atoms with van der Waals surface area (Å²) in [6.07, 6.45) is 4.74. The lowest BCUT2D eigenvalue weighted by molar-refractivity contribution is 0.0713. The highest BCUT2D eigenvalue weighted by Gasteiger charge is 2.26. The average molecular weight is 414 g/mol. The third kappa shape index (κ3) is 4.03. The highest BCUT2D eigenvalue weighted by molar-refractivity contribution is 6.05. The second-order valence-corrected chi connectivity index (χ2v) is 8.36. The Morgan fingerprint density at radius 3 is 2.84 bits per heavy atom. The van der Waals surface area contributed by atoms with Gasteiger partial charge in [0.15, 0.2) is 0 Å². The van der Waals surface area contributed by atoms with Crippen LogP contribution in [0.25, 0.3) is 21.8 Å². The normalized spacial score (nSPS) is 17.6. The molecule has 0 spiro atoms. The highest BCUT2D eigenvalue weighted by atomic mass is 16.2. The van der Waals surface area contributed by atoms with E-state index in [0.29, 0.717) is 5.69 Å². The third-order valence-corrected chi connectivity index (χ3v) is 6.35. The monoisotopic (exact) mass is 413 g/mol. The van der Waals surface area contributed by atoms with E-state index in [1.165, 1.54) is 0 Å². The molecular formula is C25H27N5O. The first-order valence-corrected chi connectivity index (χ1v) is 11.0. The van der Waals surface area contributed by atoms with Crippen molar-refractivity contribution in [2.75, 3.05) is 20.1 Å². The number of imidazole rings is 1. The van der Waals surface area contributed by atoms with Crippen LogP contribution in [0, 0.1) is 0 Å². The van der Waals surface area contributed by atoms with E-state index >= 15 is 0 Å². The molecule has 1 aliphatic rings. The van der Waals surface area contributed by atoms with Crippen molar-refractivity contribution in [2.45, 2.75) is 31.8 Å². The third-order valence-electron chi connectivity index (χ3n) is 6.35. The SMILES string of the molecule is CN(C(=O)c1nccc2ccccc12)[C@@H]1CCCN(Cc2nc3ccccc3[nH]2)CC1. The summed E-state index contributed by atoms with van der Waals surface area (Å²) in [6, 6.07) is 18.3. The molecule has 1 amide bonds. The molecule has 0 unspecified atom stereocenters. The first kappa shape index (κ1) is 19.7. The van der Waals surface area contributed by atoms with E-state index in [0.717, 1.165) is 66.5 Å². The predicted molar refractivity (Wildman–Crippen MR) is 123 cm³/mol. The number of aromatic amines is 1. The van der Waals surface area contributed by atoms with E-state index in [2.05, 4.69) is 20.9 Å². The van der Waals surface area contributed by atoms with Crippen LogP contribution in [-0.2, 0) is 6.54 Å². The highest BCUT2D eigenvalue weighted by Crippen LogP contribution is 2.22. The standard InChI is InChI=1S/C25H27N5O/c1-29(25(31)24-20-9-3-2-7-18(20)12-14-26-24)19-8-6-15-30(16-13-19)17-23-27-21-10-4-5-11-22(21)28-23/h2-5,7,9-12,14,19H,6,8,13,15-17H2,1H3,(H,27,28)/t19-/m1/s1. The number of rotatable bonds is 4. The Balaban J connectivity index is 1.26. The van der Waals surface area contributed by atoms with Gasteiger partial charge in [0.25, 0.3) is 5.91 Å². The Kier molecular flexibility index (Phi) is 5.38. The van der Waals surface area contributed by atoms with E-state index in [1.54, 1.807) is 6.20 Å². The van der Waals surface area contributed by atoms with Crippen molar-refractivity contribution >= 4 is 27.7 Å². The zero-order valence-electron chi connectivity index (χ0n) is 17.8. The van der Waals surface area contributed by atoms with Gasteiger partial charge < -0.3 is 9.88 Å². The maximum absolute atomic E-state index is 13.3. The average Bonchev–Trinajstić information content (AvgIpc) is 3.07. The molecule has 0 radical (unpaired) electrons. The second kappa shape index (κ2) is 8.47. The number of aromatic nitrogens is 3. The molecule has 6 heteroatoms. The largest absolute Gasteiger partial charge is 0.341 e. The van der Waals surface area contributed by atoms with Crippen molar-refractivity contribution in [3.63, 3.8) is 0 Å². The summed E-state index contributed by atoms with van der Waals surface area (Å²) in [4.78, 5) is 30.2. The molecule has 1 atom stereocenters. The maximum Gasteiger partial charge on any atom is 0.273 e. The van der Waals surface area contributed by atoms with E-state index in [-0.39, 0.29) is 11.9 Å². The second-order valence-electron chi connectivity index (χ2n) is 8.36. The summed E-state index contributed by atoms with van der Waals surface area (Å²) < 4.78 is 0. The quantitative estimate of drug-likeness (QED) is 0.544. The molecule has 1 fully saturated rings. The Morgan fingerprint density at radius 1 is 1.10 bits per heavy atom. The van der Waals surface area contributed by atoms with Crippen LogP contribution in [0.4, 0.5) is 0 Å². The maximum atomic E-state index is 13.3. The number of pyridine rings is 1. The Bertz CT molecular complexity index is 1180. The number of fused-ring (bicyclic) bond motifs is 2. The lowest BCUT2D eigenvalue weighted by Gasteiger charge is -2.27. The number of likely N-dealkylation sites (tertiary alicyclic amines) is 1. The lowest BCUT2D eigenvalue weighted by Crippen LogP contribution is -2.38. The molecule has 0 saturated carbocycles. The van der Waals surface area contributed by atoms with Gasteiger partial charge >= 0.3 is 0 Å². The Morgan fingerprint density at radius 2 is 1.94 bits per heavy atom. The van der Waals surface area contributed by atoms with Gasteiger partial charge in [-0.1, -0.05) is 36.4 Å². The van der Waals surface area contributed by atoms with Crippen molar-refractivity contribution in [3.05, 3.63) is 72.3 Å². The van der Waals surface area contributed by atoms with E-state index in [1.807, 2.05) is 60.5 Å². The molecule has 2 aromatic heterocycles. The van der Waals surface area contributed by atoms with Gasteiger partial charge in [-0.05, 0) is 49.4 Å². The zero-order chi connectivity index (χ0) is 21.2. The number of benzene rings is 2. The predicted octanol–water partition coefficient (Wildman–Crippen LogP) is 4.24. The minimum Gasteiger partial charge on any atom is -0.341 e. The molecule has 4 aromatic rings. The molecule has 3 heterocycles. The summed E-state index contributed by atoms with van der Waals surface area (Å²) in [5, 5.41) is 1.97. The molecule has 1 N–H and O–H groups in total. The van der Waals surface area contributed by atoms with Gasteiger partial charge in [-0.3, -0.25) is 14.7 Å². The number of hydrogen-bond donors (Lipinski definition) is 1. The van der Waals surface area contributed by atoms with Crippen molar-refractivity contribution in [1.82, 2.24) is 24.8 Å². The minimum atomic E-state index is 0.00698. The van der Waals surface area contributed by atoms with E-state index in [4.69, 9.17) is 4.98 Å². The number of hydrogen-bond acceptors (Lipinski definition) is 4. The fourth-order valence-electron chi connectivity index (χ4n) is 4.60. The summed E-state index contributed by atoms with van der Waals surface area (Å²) in [6.45, 7) is 2.77. The molecule has 1 aliphatic heterocycles. The molecule has 2 aromatic carbocycles. The minimum absolute atomic E-state index is 0.00698. The fourth-order valence-corrected chi connectivity index (χ4v) is 4.60. The van der Waals surface area contributed by atoms with Gasteiger partial charge in [-0.2, -0.15) is 0 Å². The van der Waals surface area contributed by atoms with Crippen LogP contribution in [0.1, 0.15) is 35.6 Å². The zero-order valence-corrected chi connectivity index (χ0v) is 17.8. The van der Waals surface area contributed by atoms with Gasteiger partial charge in [-0.15, -0.1) is 0 Å². The Hall–Kier alpha value is -3.25. The summed E-state index contributed by atoms with van der Waals surface area (Å²) in [7, 11) is 1.92. The summed E-state index contributed by atoms with van der Waals surface area (Å²) >= 11 is 0. The van der Waals surface area contributed by atoms with Gasteiger partial charge in [0.2, 0.25) is 0 Å². The molecule has 158 valence electrons. The lowest BCUT2D eigenvalue weighted by atomic mass is 10.1. The first-order valence-electron chi connectivity index (χ1n) is 11.0. The number of para-hydroxylation sites is 2. The van der Waals surface area contributed by atoms with Crippen LogP contribution in [-0.4, -0.2) is 56.8 Å². The van der Waals surface area contributed by atoms with Crippen LogP contribution in [0.2, 0.25) is 0 Å². The number of nitrogens with one attached hydrogen (secondary N) is 1. The molecule has 0 bridgehead atoms. The molecule has 6 nitrogen and oxygen atoms in total. The van der Waals surface area contributed by atoms with Gasteiger partial charge in [0, 0.05) is 31.2 Å². The Labute approximate surface area is 181 Å². The van der Waals surface area contributed by atoms with Crippen molar-refractivity contribution in [1.29, 1.82) is 0 Å². The first-order chi connectivity index (χ1) is 15.2. The molecular weight excluding hydrogens is 386 g/mol. The van der Waals surface area contributed by atoms with Crippen molar-refractivity contribution in [2.24, 2.45) is 0 Å². The number of carbonyl (C=O) groups is 1. The molecule has 1 saturated heterocycles. The molecule has 0 aliphatic carbocycles. The van der Waals surface area contributed by atoms with Crippen LogP contribution < -0.4 is 0 Å².